The van der Waals surface area contributed by atoms with E-state index >= 15 is 0 Å². The molecule has 0 aliphatic rings. The fourth-order valence-electron chi connectivity index (χ4n) is 1.05. The maximum absolute atomic E-state index is 10.9. The summed E-state index contributed by atoms with van der Waals surface area (Å²) in [6, 6.07) is 0. The molecule has 0 amide bonds. The van der Waals surface area contributed by atoms with Gasteiger partial charge in [-0.05, 0) is 0 Å². The number of aliphatic hydroxyl groups is 1. The molecule has 98 valence electrons. The van der Waals surface area contributed by atoms with Crippen molar-refractivity contribution in [2.24, 2.45) is 0 Å². The van der Waals surface area contributed by atoms with Gasteiger partial charge < -0.3 is 20.4 Å². The highest BCUT2D eigenvalue weighted by Crippen LogP contribution is 2.20. The highest BCUT2D eigenvalue weighted by molar-refractivity contribution is 5.88. The summed E-state index contributed by atoms with van der Waals surface area (Å²) in [5.41, 5.74) is -0.399. The molecule has 0 unspecified atom stereocenters. The minimum atomic E-state index is -2.41. The highest BCUT2D eigenvalue weighted by Gasteiger charge is 2.45. The van der Waals surface area contributed by atoms with E-state index in [1.807, 2.05) is 5.48 Å². The van der Waals surface area contributed by atoms with Crippen LogP contribution in [0.1, 0.15) is 12.8 Å². The number of carbonyl (C=O) groups is 3. The van der Waals surface area contributed by atoms with Crippen LogP contribution < -0.4 is 5.48 Å². The van der Waals surface area contributed by atoms with Gasteiger partial charge in [-0.1, -0.05) is 0 Å². The average Bonchev–Trinajstić information content (AvgIpc) is 2.15. The van der Waals surface area contributed by atoms with E-state index < -0.39 is 36.4 Å². The molecule has 0 spiro atoms. The Hall–Kier alpha value is -1.71. The smallest absolute Gasteiger partial charge is 0.339 e. The fourth-order valence-corrected chi connectivity index (χ4v) is 1.05. The van der Waals surface area contributed by atoms with Gasteiger partial charge in [0.15, 0.2) is 0 Å². The Morgan fingerprint density at radius 1 is 1.06 bits per heavy atom. The maximum Gasteiger partial charge on any atom is 0.339 e. The van der Waals surface area contributed by atoms with Crippen molar-refractivity contribution in [1.29, 1.82) is 0 Å². The van der Waals surface area contributed by atoms with Crippen molar-refractivity contribution in [3.05, 3.63) is 0 Å². The molecule has 0 fully saturated rings. The topological polar surface area (TPSA) is 153 Å². The van der Waals surface area contributed by atoms with Crippen LogP contribution >= 0.6 is 0 Å². The molecule has 0 bridgehead atoms. The number of hydrogen-bond acceptors (Lipinski definition) is 6. The molecule has 0 aromatic rings. The third-order valence-electron chi connectivity index (χ3n) is 1.74. The molecule has 0 aromatic heterocycles. The number of aliphatic hydroxyl groups excluding tert-OH is 1. The number of aliphatic carboxylic acids is 3. The van der Waals surface area contributed by atoms with Gasteiger partial charge in [0.05, 0.1) is 19.4 Å². The number of hydroxylamine groups is 1. The van der Waals surface area contributed by atoms with Crippen molar-refractivity contribution in [3.8, 4) is 0 Å². The minimum Gasteiger partial charge on any atom is -0.481 e. The van der Waals surface area contributed by atoms with E-state index in [1.54, 1.807) is 0 Å². The Bertz CT molecular complexity index is 286. The molecule has 0 saturated heterocycles. The maximum atomic E-state index is 10.9. The molecule has 0 rings (SSSR count). The van der Waals surface area contributed by atoms with E-state index in [2.05, 4.69) is 4.84 Å². The number of carboxylic acids is 3. The summed E-state index contributed by atoms with van der Waals surface area (Å²) in [4.78, 5) is 36.6. The molecule has 0 radical (unpaired) electrons. The zero-order valence-electron chi connectivity index (χ0n) is 8.75. The molecule has 0 heterocycles. The van der Waals surface area contributed by atoms with Gasteiger partial charge in [-0.15, -0.1) is 0 Å². The number of rotatable bonds is 9. The Morgan fingerprint density at radius 2 is 1.53 bits per heavy atom. The second-order valence-corrected chi connectivity index (χ2v) is 3.16. The summed E-state index contributed by atoms with van der Waals surface area (Å²) in [5, 5.41) is 34.4. The van der Waals surface area contributed by atoms with Crippen LogP contribution in [0.3, 0.4) is 0 Å². The van der Waals surface area contributed by atoms with E-state index in [0.29, 0.717) is 0 Å². The lowest BCUT2D eigenvalue weighted by Crippen LogP contribution is -2.49. The minimum absolute atomic E-state index is 0.158. The lowest BCUT2D eigenvalue weighted by atomic mass is 9.96. The van der Waals surface area contributed by atoms with Gasteiger partial charge in [-0.2, -0.15) is 5.48 Å². The van der Waals surface area contributed by atoms with Crippen molar-refractivity contribution in [2.75, 3.05) is 13.2 Å². The van der Waals surface area contributed by atoms with Crippen LogP contribution in [0.4, 0.5) is 0 Å². The summed E-state index contributed by atoms with van der Waals surface area (Å²) in [7, 11) is 0. The number of carboxylic acid groups (broad SMARTS) is 3. The quantitative estimate of drug-likeness (QED) is 0.237. The monoisotopic (exact) mass is 251 g/mol. The van der Waals surface area contributed by atoms with Crippen molar-refractivity contribution < 1.29 is 39.6 Å². The van der Waals surface area contributed by atoms with Crippen LogP contribution in [0.15, 0.2) is 0 Å². The predicted molar refractivity (Wildman–Crippen MR) is 51.0 cm³/mol. The molecule has 0 aromatic carbocycles. The molecule has 0 atom stereocenters. The Labute approximate surface area is 95.6 Å². The summed E-state index contributed by atoms with van der Waals surface area (Å²) in [5.74, 6) is -4.74. The van der Waals surface area contributed by atoms with Crippen LogP contribution in [0, 0.1) is 0 Å². The molecule has 17 heavy (non-hydrogen) atoms. The van der Waals surface area contributed by atoms with Crippen molar-refractivity contribution in [2.45, 2.75) is 18.4 Å². The van der Waals surface area contributed by atoms with E-state index in [9.17, 15) is 14.4 Å². The van der Waals surface area contributed by atoms with Gasteiger partial charge in [0.2, 0.25) is 5.60 Å². The van der Waals surface area contributed by atoms with Gasteiger partial charge in [0.1, 0.15) is 0 Å². The van der Waals surface area contributed by atoms with Crippen LogP contribution in [0.5, 0.6) is 0 Å². The second-order valence-electron chi connectivity index (χ2n) is 3.16. The molecule has 0 aliphatic heterocycles. The van der Waals surface area contributed by atoms with Gasteiger partial charge in [-0.25, -0.2) is 4.79 Å². The lowest BCUT2D eigenvalue weighted by molar-refractivity contribution is -0.189. The largest absolute Gasteiger partial charge is 0.481 e. The van der Waals surface area contributed by atoms with Gasteiger partial charge in [-0.3, -0.25) is 14.4 Å². The van der Waals surface area contributed by atoms with Crippen molar-refractivity contribution in [1.82, 2.24) is 5.48 Å². The molecular formula is C8H13NO8. The van der Waals surface area contributed by atoms with Gasteiger partial charge in [0, 0.05) is 6.54 Å². The van der Waals surface area contributed by atoms with Crippen LogP contribution in [0.2, 0.25) is 0 Å². The summed E-state index contributed by atoms with van der Waals surface area (Å²) in [6.07, 6.45) is -2.04. The van der Waals surface area contributed by atoms with Crippen LogP contribution in [-0.4, -0.2) is 57.1 Å². The molecule has 9 nitrogen and oxygen atoms in total. The average molecular weight is 251 g/mol. The Kier molecular flexibility index (Phi) is 6.10. The Morgan fingerprint density at radius 3 is 1.82 bits per heavy atom. The van der Waals surface area contributed by atoms with E-state index in [-0.39, 0.29) is 13.2 Å². The third-order valence-corrected chi connectivity index (χ3v) is 1.74. The zero-order chi connectivity index (χ0) is 13.5. The van der Waals surface area contributed by atoms with Gasteiger partial charge in [0.25, 0.3) is 0 Å². The predicted octanol–water partition coefficient (Wildman–Crippen LogP) is -1.73. The number of nitrogens with one attached hydrogen (secondary N) is 1. The first-order chi connectivity index (χ1) is 7.84. The SMILES string of the molecule is O=C(O)CC(CC(=O)O)(ONCCO)C(=O)O. The Balaban J connectivity index is 4.88. The second kappa shape index (κ2) is 6.78. The van der Waals surface area contributed by atoms with E-state index in [1.165, 1.54) is 0 Å². The summed E-state index contributed by atoms with van der Waals surface area (Å²) < 4.78 is 0. The first kappa shape index (κ1) is 15.3. The first-order valence-electron chi connectivity index (χ1n) is 4.53. The normalized spacial score (nSPS) is 11.1. The molecule has 0 aliphatic carbocycles. The molecule has 5 N–H and O–H groups in total. The van der Waals surface area contributed by atoms with Gasteiger partial charge >= 0.3 is 17.9 Å². The first-order valence-corrected chi connectivity index (χ1v) is 4.53. The van der Waals surface area contributed by atoms with Crippen LogP contribution in [0.25, 0.3) is 0 Å². The van der Waals surface area contributed by atoms with Crippen LogP contribution in [-0.2, 0) is 19.2 Å². The number of hydrogen-bond donors (Lipinski definition) is 5. The molecular weight excluding hydrogens is 238 g/mol. The van der Waals surface area contributed by atoms with Crippen molar-refractivity contribution >= 4 is 17.9 Å². The molecule has 0 saturated carbocycles. The summed E-state index contributed by atoms with van der Waals surface area (Å²) in [6.45, 7) is -0.538. The lowest BCUT2D eigenvalue weighted by Gasteiger charge is -2.25. The van der Waals surface area contributed by atoms with Crippen molar-refractivity contribution in [3.63, 3.8) is 0 Å². The van der Waals surface area contributed by atoms with E-state index in [0.717, 1.165) is 0 Å². The summed E-state index contributed by atoms with van der Waals surface area (Å²) >= 11 is 0. The standard InChI is InChI=1S/C8H13NO8/c10-2-1-9-17-8(7(15)16,3-5(11)12)4-6(13)14/h9-10H,1-4H2,(H,11,12)(H,13,14)(H,15,16). The molecule has 9 heteroatoms. The highest BCUT2D eigenvalue weighted by atomic mass is 16.7. The fraction of sp³-hybridized carbons (Fsp3) is 0.625. The third kappa shape index (κ3) is 5.24. The van der Waals surface area contributed by atoms with E-state index in [4.69, 9.17) is 20.4 Å². The zero-order valence-corrected chi connectivity index (χ0v) is 8.75.